The number of carbonyl (C=O) groups excluding carboxylic acids is 3. The average molecular weight is 300 g/mol. The first-order valence-corrected chi connectivity index (χ1v) is 6.77. The van der Waals surface area contributed by atoms with Crippen LogP contribution in [-0.4, -0.2) is 30.9 Å². The molecule has 0 fully saturated rings. The van der Waals surface area contributed by atoms with Crippen LogP contribution >= 0.6 is 0 Å². The molecule has 0 saturated heterocycles. The van der Waals surface area contributed by atoms with Gasteiger partial charge in [-0.3, -0.25) is 14.5 Å². The van der Waals surface area contributed by atoms with Crippen LogP contribution in [-0.2, 0) is 19.1 Å². The molecule has 1 N–H and O–H groups in total. The number of amides is 2. The van der Waals surface area contributed by atoms with Crippen molar-refractivity contribution in [1.29, 1.82) is 0 Å². The molecule has 0 saturated carbocycles. The van der Waals surface area contributed by atoms with Crippen LogP contribution in [0.4, 0.5) is 11.4 Å². The van der Waals surface area contributed by atoms with E-state index in [0.717, 1.165) is 0 Å². The maximum Gasteiger partial charge on any atom is 0.331 e. The Hall–Kier alpha value is -2.89. The number of nitrogens with zero attached hydrogens (tertiary/aromatic N) is 1. The lowest BCUT2D eigenvalue weighted by molar-refractivity contribution is -0.143. The van der Waals surface area contributed by atoms with Gasteiger partial charge in [-0.15, -0.1) is 0 Å². The first-order chi connectivity index (χ1) is 10.6. The minimum Gasteiger partial charge on any atom is -0.452 e. The molecule has 114 valence electrons. The van der Waals surface area contributed by atoms with Crippen LogP contribution < -0.4 is 10.2 Å². The number of hydrogen-bond acceptors (Lipinski definition) is 4. The zero-order chi connectivity index (χ0) is 15.9. The number of fused-ring (bicyclic) bond motifs is 1. The molecule has 0 unspecified atom stereocenters. The number of para-hydroxylation sites is 2. The lowest BCUT2D eigenvalue weighted by atomic mass is 10.2. The molecular weight excluding hydrogens is 284 g/mol. The van der Waals surface area contributed by atoms with Crippen LogP contribution in [0.1, 0.15) is 6.92 Å². The Balaban J connectivity index is 2.01. The molecule has 0 spiro atoms. The molecule has 0 aromatic heterocycles. The minimum absolute atomic E-state index is 0.0954. The van der Waals surface area contributed by atoms with Crippen LogP contribution in [0.2, 0.25) is 0 Å². The number of ether oxygens (including phenoxy) is 1. The molecule has 6 nitrogen and oxygen atoms in total. The molecule has 1 aliphatic heterocycles. The second-order valence-corrected chi connectivity index (χ2v) is 4.54. The second kappa shape index (κ2) is 7.21. The van der Waals surface area contributed by atoms with Gasteiger partial charge in [0.2, 0.25) is 5.91 Å². The molecule has 6 heteroatoms. The number of hydrogen-bond donors (Lipinski definition) is 1. The number of esters is 1. The first kappa shape index (κ1) is 15.5. The van der Waals surface area contributed by atoms with E-state index in [4.69, 9.17) is 4.74 Å². The van der Waals surface area contributed by atoms with Gasteiger partial charge in [-0.1, -0.05) is 30.4 Å². The predicted molar refractivity (Wildman–Crippen MR) is 82.3 cm³/mol. The standard InChI is InChI=1S/C16H16N2O4/c1-2-3-4-9-16(21)22-11-15(20)18-10-14(19)17-12-7-5-6-8-13(12)18/h2-9H,10-11H2,1H3,(H,17,19)/b3-2+,9-4+. The Bertz CT molecular complexity index is 649. The normalized spacial score (nSPS) is 14.0. The Morgan fingerprint density at radius 1 is 1.32 bits per heavy atom. The predicted octanol–water partition coefficient (Wildman–Crippen LogP) is 1.65. The van der Waals surface area contributed by atoms with Crippen molar-refractivity contribution < 1.29 is 19.1 Å². The molecule has 0 atom stereocenters. The molecule has 1 aliphatic rings. The zero-order valence-electron chi connectivity index (χ0n) is 12.1. The topological polar surface area (TPSA) is 75.7 Å². The highest BCUT2D eigenvalue weighted by molar-refractivity contribution is 6.10. The van der Waals surface area contributed by atoms with Crippen molar-refractivity contribution in [2.75, 3.05) is 23.4 Å². The third kappa shape index (κ3) is 3.82. The van der Waals surface area contributed by atoms with E-state index in [1.165, 1.54) is 17.1 Å². The van der Waals surface area contributed by atoms with Crippen molar-refractivity contribution in [3.05, 3.63) is 48.6 Å². The number of anilines is 2. The van der Waals surface area contributed by atoms with E-state index in [1.807, 2.05) is 6.92 Å². The molecule has 0 radical (unpaired) electrons. The minimum atomic E-state index is -0.610. The van der Waals surface area contributed by atoms with Gasteiger partial charge in [-0.05, 0) is 19.1 Å². The van der Waals surface area contributed by atoms with Gasteiger partial charge in [0.25, 0.3) is 5.91 Å². The quantitative estimate of drug-likeness (QED) is 0.521. The van der Waals surface area contributed by atoms with Crippen molar-refractivity contribution in [2.45, 2.75) is 6.92 Å². The summed E-state index contributed by atoms with van der Waals surface area (Å²) >= 11 is 0. The van der Waals surface area contributed by atoms with Crippen molar-refractivity contribution >= 4 is 29.2 Å². The van der Waals surface area contributed by atoms with Crippen LogP contribution in [0.15, 0.2) is 48.6 Å². The molecule has 22 heavy (non-hydrogen) atoms. The largest absolute Gasteiger partial charge is 0.452 e. The molecule has 2 rings (SSSR count). The van der Waals surface area contributed by atoms with E-state index < -0.39 is 18.5 Å². The van der Waals surface area contributed by atoms with Gasteiger partial charge in [0.1, 0.15) is 6.54 Å². The average Bonchev–Trinajstić information content (AvgIpc) is 2.52. The SMILES string of the molecule is C/C=C/C=C/C(=O)OCC(=O)N1CC(=O)Nc2ccccc21. The van der Waals surface area contributed by atoms with E-state index >= 15 is 0 Å². The summed E-state index contributed by atoms with van der Waals surface area (Å²) in [5.74, 6) is -1.34. The van der Waals surface area contributed by atoms with E-state index in [2.05, 4.69) is 5.32 Å². The highest BCUT2D eigenvalue weighted by atomic mass is 16.5. The van der Waals surface area contributed by atoms with Gasteiger partial charge in [-0.2, -0.15) is 0 Å². The van der Waals surface area contributed by atoms with Gasteiger partial charge in [0, 0.05) is 6.08 Å². The van der Waals surface area contributed by atoms with E-state index in [1.54, 1.807) is 36.4 Å². The molecule has 1 aromatic carbocycles. The fourth-order valence-corrected chi connectivity index (χ4v) is 1.96. The number of nitrogens with one attached hydrogen (secondary N) is 1. The van der Waals surface area contributed by atoms with Crippen LogP contribution in [0.5, 0.6) is 0 Å². The number of benzene rings is 1. The number of allylic oxidation sites excluding steroid dienone is 3. The summed E-state index contributed by atoms with van der Waals surface area (Å²) in [7, 11) is 0. The lowest BCUT2D eigenvalue weighted by Crippen LogP contribution is -2.43. The van der Waals surface area contributed by atoms with Gasteiger partial charge < -0.3 is 10.1 Å². The summed E-state index contributed by atoms with van der Waals surface area (Å²) in [5.41, 5.74) is 1.15. The number of rotatable bonds is 4. The zero-order valence-corrected chi connectivity index (χ0v) is 12.1. The summed E-state index contributed by atoms with van der Waals surface area (Å²) < 4.78 is 4.87. The maximum atomic E-state index is 12.2. The summed E-state index contributed by atoms with van der Waals surface area (Å²) in [6.45, 7) is 1.31. The van der Waals surface area contributed by atoms with Gasteiger partial charge in [0.15, 0.2) is 6.61 Å². The van der Waals surface area contributed by atoms with Gasteiger partial charge >= 0.3 is 5.97 Å². The Kier molecular flexibility index (Phi) is 5.08. The summed E-state index contributed by atoms with van der Waals surface area (Å²) in [6, 6.07) is 6.96. The van der Waals surface area contributed by atoms with E-state index in [0.29, 0.717) is 11.4 Å². The summed E-state index contributed by atoms with van der Waals surface area (Å²) in [5, 5.41) is 2.68. The van der Waals surface area contributed by atoms with Crippen LogP contribution in [0.3, 0.4) is 0 Å². The fourth-order valence-electron chi connectivity index (χ4n) is 1.96. The highest BCUT2D eigenvalue weighted by Gasteiger charge is 2.26. The van der Waals surface area contributed by atoms with Crippen LogP contribution in [0, 0.1) is 0 Å². The van der Waals surface area contributed by atoms with Crippen molar-refractivity contribution in [2.24, 2.45) is 0 Å². The van der Waals surface area contributed by atoms with Crippen molar-refractivity contribution in [1.82, 2.24) is 0 Å². The highest BCUT2D eigenvalue weighted by Crippen LogP contribution is 2.28. The van der Waals surface area contributed by atoms with Crippen molar-refractivity contribution in [3.8, 4) is 0 Å². The van der Waals surface area contributed by atoms with E-state index in [-0.39, 0.29) is 12.5 Å². The van der Waals surface area contributed by atoms with Gasteiger partial charge in [0.05, 0.1) is 11.4 Å². The first-order valence-electron chi connectivity index (χ1n) is 6.77. The third-order valence-corrected chi connectivity index (χ3v) is 2.95. The molecule has 1 aromatic rings. The van der Waals surface area contributed by atoms with Gasteiger partial charge in [-0.25, -0.2) is 4.79 Å². The van der Waals surface area contributed by atoms with E-state index in [9.17, 15) is 14.4 Å². The smallest absolute Gasteiger partial charge is 0.331 e. The monoisotopic (exact) mass is 300 g/mol. The molecule has 0 aliphatic carbocycles. The third-order valence-electron chi connectivity index (χ3n) is 2.95. The lowest BCUT2D eigenvalue weighted by Gasteiger charge is -2.28. The maximum absolute atomic E-state index is 12.2. The Labute approximate surface area is 128 Å². The molecular formula is C16H16N2O4. The molecule has 0 bridgehead atoms. The summed E-state index contributed by atoms with van der Waals surface area (Å²) in [6.07, 6.45) is 6.19. The molecule has 1 heterocycles. The Morgan fingerprint density at radius 3 is 2.86 bits per heavy atom. The number of carbonyl (C=O) groups is 3. The molecule has 2 amide bonds. The summed E-state index contributed by atoms with van der Waals surface area (Å²) in [4.78, 5) is 36.5. The fraction of sp³-hybridized carbons (Fsp3) is 0.188. The Morgan fingerprint density at radius 2 is 2.09 bits per heavy atom. The second-order valence-electron chi connectivity index (χ2n) is 4.54. The van der Waals surface area contributed by atoms with Crippen molar-refractivity contribution in [3.63, 3.8) is 0 Å². The van der Waals surface area contributed by atoms with Crippen LogP contribution in [0.25, 0.3) is 0 Å².